The van der Waals surface area contributed by atoms with Crippen LogP contribution in [0.2, 0.25) is 0 Å². The van der Waals surface area contributed by atoms with Crippen molar-refractivity contribution >= 4 is 17.7 Å². The number of aliphatic hydroxyl groups excluding tert-OH is 5. The predicted octanol–water partition coefficient (Wildman–Crippen LogP) is 0.0173. The predicted molar refractivity (Wildman–Crippen MR) is 166 cm³/mol. The molecule has 1 saturated carbocycles. The SMILES string of the molecule is CCC[C@H](NC(=O)[C@H](Cc1ccccc1)NC(=O)[C@@](C)(N)CC)C(=O)N[C@@H](CC1CCCCC1)[C@@H](O)[C@@H](O)[C@H](O)[C@@H](O)CO. The molecule has 8 atom stereocenters. The normalized spacial score (nSPS) is 20.2. The van der Waals surface area contributed by atoms with E-state index in [9.17, 15) is 39.9 Å². The summed E-state index contributed by atoms with van der Waals surface area (Å²) >= 11 is 0. The van der Waals surface area contributed by atoms with Crippen molar-refractivity contribution in [1.29, 1.82) is 0 Å². The number of amides is 3. The molecule has 0 spiro atoms. The largest absolute Gasteiger partial charge is 0.394 e. The Balaban J connectivity index is 2.27. The lowest BCUT2D eigenvalue weighted by molar-refractivity contribution is -0.137. The minimum absolute atomic E-state index is 0.157. The van der Waals surface area contributed by atoms with Crippen LogP contribution < -0.4 is 21.7 Å². The average Bonchev–Trinajstić information content (AvgIpc) is 3.03. The summed E-state index contributed by atoms with van der Waals surface area (Å²) < 4.78 is 0. The number of hydrogen-bond donors (Lipinski definition) is 9. The second-order valence-electron chi connectivity index (χ2n) is 12.4. The highest BCUT2D eigenvalue weighted by atomic mass is 16.4. The van der Waals surface area contributed by atoms with Crippen LogP contribution in [0.25, 0.3) is 0 Å². The Labute approximate surface area is 260 Å². The first-order chi connectivity index (χ1) is 20.8. The Morgan fingerprint density at radius 2 is 1.50 bits per heavy atom. The van der Waals surface area contributed by atoms with Gasteiger partial charge in [0, 0.05) is 6.42 Å². The summed E-state index contributed by atoms with van der Waals surface area (Å²) in [5.41, 5.74) is 5.73. The van der Waals surface area contributed by atoms with Gasteiger partial charge in [-0.1, -0.05) is 82.7 Å². The van der Waals surface area contributed by atoms with Crippen LogP contribution in [0.3, 0.4) is 0 Å². The van der Waals surface area contributed by atoms with Crippen LogP contribution in [0, 0.1) is 5.92 Å². The van der Waals surface area contributed by atoms with Crippen LogP contribution in [0.15, 0.2) is 30.3 Å². The fourth-order valence-corrected chi connectivity index (χ4v) is 5.50. The van der Waals surface area contributed by atoms with Gasteiger partial charge in [-0.25, -0.2) is 0 Å². The van der Waals surface area contributed by atoms with E-state index in [4.69, 9.17) is 5.73 Å². The summed E-state index contributed by atoms with van der Waals surface area (Å²) in [6.45, 7) is 4.38. The van der Waals surface area contributed by atoms with E-state index < -0.39 is 72.4 Å². The molecule has 1 aliphatic rings. The number of carbonyl (C=O) groups excluding carboxylic acids is 3. The zero-order valence-corrected chi connectivity index (χ0v) is 26.3. The molecule has 10 N–H and O–H groups in total. The van der Waals surface area contributed by atoms with E-state index in [-0.39, 0.29) is 18.8 Å². The molecule has 0 bridgehead atoms. The van der Waals surface area contributed by atoms with Gasteiger partial charge in [-0.05, 0) is 37.7 Å². The van der Waals surface area contributed by atoms with E-state index in [1.165, 1.54) is 0 Å². The zero-order valence-electron chi connectivity index (χ0n) is 26.3. The first-order valence-electron chi connectivity index (χ1n) is 15.9. The Hall–Kier alpha value is -2.61. The highest BCUT2D eigenvalue weighted by Crippen LogP contribution is 2.29. The lowest BCUT2D eigenvalue weighted by Crippen LogP contribution is -2.61. The third-order valence-corrected chi connectivity index (χ3v) is 8.70. The second-order valence-corrected chi connectivity index (χ2v) is 12.4. The molecular formula is C32H54N4O8. The molecule has 250 valence electrons. The van der Waals surface area contributed by atoms with Crippen molar-refractivity contribution in [2.45, 2.75) is 133 Å². The number of carbonyl (C=O) groups is 3. The van der Waals surface area contributed by atoms with Gasteiger partial charge in [0.15, 0.2) is 0 Å². The summed E-state index contributed by atoms with van der Waals surface area (Å²) in [5, 5.41) is 59.3. The van der Waals surface area contributed by atoms with E-state index >= 15 is 0 Å². The van der Waals surface area contributed by atoms with Gasteiger partial charge in [0.25, 0.3) is 0 Å². The molecule has 12 heteroatoms. The van der Waals surface area contributed by atoms with Gasteiger partial charge >= 0.3 is 0 Å². The lowest BCUT2D eigenvalue weighted by atomic mass is 9.82. The highest BCUT2D eigenvalue weighted by molar-refractivity contribution is 5.94. The molecule has 0 radical (unpaired) electrons. The van der Waals surface area contributed by atoms with Gasteiger partial charge in [0.05, 0.1) is 18.2 Å². The van der Waals surface area contributed by atoms with Crippen molar-refractivity contribution in [3.05, 3.63) is 35.9 Å². The maximum atomic E-state index is 13.6. The second kappa shape index (κ2) is 18.4. The van der Waals surface area contributed by atoms with Crippen LogP contribution in [0.5, 0.6) is 0 Å². The lowest BCUT2D eigenvalue weighted by Gasteiger charge is -2.35. The standard InChI is InChI=1S/C32H54N4O8/c1-4-12-22(34-30(43)24(18-21-15-10-7-11-16-21)36-31(44)32(3,33)5-2)29(42)35-23(17-20-13-8-6-9-14-20)26(39)28(41)27(40)25(38)19-37/h7,10-11,15-16,20,22-28,37-41H,4-6,8-9,12-14,17-19,33H2,1-3H3,(H,34,43)(H,35,42)(H,36,44)/t22-,23-,24-,25-,26+,27+,28+,32-/m0/s1. The quantitative estimate of drug-likeness (QED) is 0.108. The fourth-order valence-electron chi connectivity index (χ4n) is 5.50. The smallest absolute Gasteiger partial charge is 0.243 e. The van der Waals surface area contributed by atoms with Gasteiger partial charge < -0.3 is 47.2 Å². The van der Waals surface area contributed by atoms with Crippen LogP contribution in [-0.4, -0.2) is 97.9 Å². The molecule has 0 saturated heterocycles. The molecule has 3 amide bonds. The summed E-state index contributed by atoms with van der Waals surface area (Å²) in [5.74, 6) is -1.51. The first kappa shape index (κ1) is 37.6. The third-order valence-electron chi connectivity index (χ3n) is 8.70. The molecule has 0 heterocycles. The minimum Gasteiger partial charge on any atom is -0.394 e. The van der Waals surface area contributed by atoms with Crippen LogP contribution in [0.1, 0.15) is 84.1 Å². The van der Waals surface area contributed by atoms with E-state index in [0.29, 0.717) is 19.3 Å². The first-order valence-corrected chi connectivity index (χ1v) is 15.9. The van der Waals surface area contributed by atoms with Crippen molar-refractivity contribution in [1.82, 2.24) is 16.0 Å². The minimum atomic E-state index is -1.85. The third kappa shape index (κ3) is 11.4. The van der Waals surface area contributed by atoms with Gasteiger partial charge in [-0.2, -0.15) is 0 Å². The molecule has 0 aliphatic heterocycles. The summed E-state index contributed by atoms with van der Waals surface area (Å²) in [6, 6.07) is 6.09. The van der Waals surface area contributed by atoms with Crippen LogP contribution in [0.4, 0.5) is 0 Å². The maximum Gasteiger partial charge on any atom is 0.243 e. The maximum absolute atomic E-state index is 13.6. The Kier molecular flexibility index (Phi) is 15.7. The van der Waals surface area contributed by atoms with E-state index in [1.807, 2.05) is 37.3 Å². The average molecular weight is 623 g/mol. The number of nitrogens with one attached hydrogen (secondary N) is 3. The molecular weight excluding hydrogens is 568 g/mol. The zero-order chi connectivity index (χ0) is 32.9. The van der Waals surface area contributed by atoms with Gasteiger partial charge in [-0.3, -0.25) is 14.4 Å². The summed E-state index contributed by atoms with van der Waals surface area (Å²) in [6.07, 6.45) is -0.561. The van der Waals surface area contributed by atoms with Crippen LogP contribution >= 0.6 is 0 Å². The molecule has 1 aliphatic carbocycles. The van der Waals surface area contributed by atoms with Crippen molar-refractivity contribution in [2.75, 3.05) is 6.61 Å². The molecule has 1 aromatic rings. The van der Waals surface area contributed by atoms with Crippen LogP contribution in [-0.2, 0) is 20.8 Å². The number of rotatable bonds is 18. The highest BCUT2D eigenvalue weighted by Gasteiger charge is 2.38. The van der Waals surface area contributed by atoms with Crippen molar-refractivity contribution < 1.29 is 39.9 Å². The molecule has 12 nitrogen and oxygen atoms in total. The molecule has 44 heavy (non-hydrogen) atoms. The number of aliphatic hydroxyl groups is 5. The Bertz CT molecular complexity index is 1020. The number of nitrogens with two attached hydrogens (primary N) is 1. The fraction of sp³-hybridized carbons (Fsp3) is 0.719. The summed E-state index contributed by atoms with van der Waals surface area (Å²) in [4.78, 5) is 40.2. The molecule has 0 aromatic heterocycles. The number of hydrogen-bond acceptors (Lipinski definition) is 9. The monoisotopic (exact) mass is 622 g/mol. The van der Waals surface area contributed by atoms with Crippen molar-refractivity contribution in [2.24, 2.45) is 11.7 Å². The van der Waals surface area contributed by atoms with Crippen molar-refractivity contribution in [3.8, 4) is 0 Å². The van der Waals surface area contributed by atoms with E-state index in [2.05, 4.69) is 16.0 Å². The summed E-state index contributed by atoms with van der Waals surface area (Å²) in [7, 11) is 0. The van der Waals surface area contributed by atoms with Gasteiger partial charge in [-0.15, -0.1) is 0 Å². The Morgan fingerprint density at radius 1 is 0.886 bits per heavy atom. The van der Waals surface area contributed by atoms with Gasteiger partial charge in [0.1, 0.15) is 36.5 Å². The number of benzene rings is 1. The van der Waals surface area contributed by atoms with E-state index in [0.717, 1.165) is 37.7 Å². The van der Waals surface area contributed by atoms with Gasteiger partial charge in [0.2, 0.25) is 17.7 Å². The van der Waals surface area contributed by atoms with Crippen molar-refractivity contribution in [3.63, 3.8) is 0 Å². The molecule has 1 aromatic carbocycles. The molecule has 1 fully saturated rings. The topological polar surface area (TPSA) is 214 Å². The van der Waals surface area contributed by atoms with E-state index in [1.54, 1.807) is 13.8 Å². The Morgan fingerprint density at radius 3 is 2.07 bits per heavy atom. The molecule has 0 unspecified atom stereocenters. The molecule has 2 rings (SSSR count).